The summed E-state index contributed by atoms with van der Waals surface area (Å²) in [5, 5.41) is 10.4. The van der Waals surface area contributed by atoms with E-state index in [4.69, 9.17) is 10.9 Å². The van der Waals surface area contributed by atoms with Crippen molar-refractivity contribution in [3.8, 4) is 0 Å². The van der Waals surface area contributed by atoms with Gasteiger partial charge in [-0.2, -0.15) is 5.10 Å². The van der Waals surface area contributed by atoms with Crippen molar-refractivity contribution in [3.63, 3.8) is 0 Å². The van der Waals surface area contributed by atoms with Crippen molar-refractivity contribution in [2.75, 3.05) is 18.0 Å². The molecule has 0 amide bonds. The molecular weight excluding hydrogens is 258 g/mol. The molecule has 0 radical (unpaired) electrons. The second-order valence-electron chi connectivity index (χ2n) is 2.91. The van der Waals surface area contributed by atoms with E-state index in [0.717, 1.165) is 6.20 Å². The molecule has 1 aromatic rings. The number of aromatic amines is 1. The van der Waals surface area contributed by atoms with E-state index < -0.39 is 25.8 Å². The van der Waals surface area contributed by atoms with Gasteiger partial charge in [0.1, 0.15) is 10.7 Å². The Kier molecular flexibility index (Phi) is 3.52. The van der Waals surface area contributed by atoms with Crippen LogP contribution in [0.15, 0.2) is 11.1 Å². The third kappa shape index (κ3) is 3.44. The zero-order chi connectivity index (χ0) is 12.4. The van der Waals surface area contributed by atoms with E-state index in [1.807, 2.05) is 4.72 Å². The van der Waals surface area contributed by atoms with Gasteiger partial charge in [0, 0.05) is 6.54 Å². The zero-order valence-corrected chi connectivity index (χ0v) is 9.68. The number of H-pyrrole nitrogens is 1. The summed E-state index contributed by atoms with van der Waals surface area (Å²) in [6.45, 7) is -0.328. The SMILES string of the molecule is Nc1[nH]ncc1S(=O)(=O)NCCS(N)(=O)=O. The van der Waals surface area contributed by atoms with Crippen LogP contribution in [0, 0.1) is 0 Å². The molecule has 0 fully saturated rings. The summed E-state index contributed by atoms with van der Waals surface area (Å²) in [6, 6.07) is 0. The van der Waals surface area contributed by atoms with Crippen molar-refractivity contribution in [1.82, 2.24) is 14.9 Å². The molecule has 1 aromatic heterocycles. The topological polar surface area (TPSA) is 161 Å². The Morgan fingerprint density at radius 3 is 2.44 bits per heavy atom. The quantitative estimate of drug-likeness (QED) is 0.464. The highest BCUT2D eigenvalue weighted by molar-refractivity contribution is 7.90. The molecule has 0 saturated heterocycles. The van der Waals surface area contributed by atoms with Crippen LogP contribution in [-0.4, -0.2) is 39.3 Å². The molecule has 0 atom stereocenters. The van der Waals surface area contributed by atoms with Crippen LogP contribution in [0.1, 0.15) is 0 Å². The summed E-state index contributed by atoms with van der Waals surface area (Å²) in [7, 11) is -7.57. The zero-order valence-electron chi connectivity index (χ0n) is 8.04. The maximum absolute atomic E-state index is 11.5. The molecule has 0 aliphatic carbocycles. The lowest BCUT2D eigenvalue weighted by molar-refractivity contribution is 0.582. The first-order valence-electron chi connectivity index (χ1n) is 4.01. The summed E-state index contributed by atoms with van der Waals surface area (Å²) in [6.07, 6.45) is 1.02. The first kappa shape index (κ1) is 12.9. The lowest BCUT2D eigenvalue weighted by Gasteiger charge is -2.04. The highest BCUT2D eigenvalue weighted by Gasteiger charge is 2.19. The molecule has 1 rings (SSSR count). The van der Waals surface area contributed by atoms with Gasteiger partial charge in [0.05, 0.1) is 11.9 Å². The number of nitrogen functional groups attached to an aromatic ring is 1. The van der Waals surface area contributed by atoms with Crippen LogP contribution >= 0.6 is 0 Å². The number of nitrogens with one attached hydrogen (secondary N) is 2. The van der Waals surface area contributed by atoms with Crippen molar-refractivity contribution in [2.24, 2.45) is 5.14 Å². The molecule has 0 saturated carbocycles. The smallest absolute Gasteiger partial charge is 0.245 e. The predicted molar refractivity (Wildman–Crippen MR) is 56.2 cm³/mol. The van der Waals surface area contributed by atoms with Crippen LogP contribution < -0.4 is 15.6 Å². The Morgan fingerprint density at radius 1 is 1.38 bits per heavy atom. The van der Waals surface area contributed by atoms with Crippen molar-refractivity contribution in [3.05, 3.63) is 6.20 Å². The van der Waals surface area contributed by atoms with Gasteiger partial charge in [0.25, 0.3) is 0 Å². The highest BCUT2D eigenvalue weighted by atomic mass is 32.2. The summed E-state index contributed by atoms with van der Waals surface area (Å²) >= 11 is 0. The lowest BCUT2D eigenvalue weighted by Crippen LogP contribution is -2.31. The van der Waals surface area contributed by atoms with Crippen molar-refractivity contribution in [2.45, 2.75) is 4.90 Å². The van der Waals surface area contributed by atoms with Gasteiger partial charge in [-0.15, -0.1) is 0 Å². The maximum Gasteiger partial charge on any atom is 0.245 e. The Labute approximate surface area is 92.3 Å². The molecule has 1 heterocycles. The third-order valence-electron chi connectivity index (χ3n) is 1.60. The monoisotopic (exact) mass is 269 g/mol. The van der Waals surface area contributed by atoms with Gasteiger partial charge < -0.3 is 5.73 Å². The largest absolute Gasteiger partial charge is 0.383 e. The van der Waals surface area contributed by atoms with Gasteiger partial charge in [-0.25, -0.2) is 26.7 Å². The number of sulfonamides is 2. The second-order valence-corrected chi connectivity index (χ2v) is 6.38. The van der Waals surface area contributed by atoms with E-state index in [2.05, 4.69) is 10.2 Å². The fourth-order valence-corrected chi connectivity index (χ4v) is 2.46. The number of hydrogen-bond donors (Lipinski definition) is 4. The molecule has 92 valence electrons. The molecular formula is C5H11N5O4S2. The number of nitrogens with zero attached hydrogens (tertiary/aromatic N) is 1. The van der Waals surface area contributed by atoms with Gasteiger partial charge in [0.15, 0.2) is 0 Å². The average molecular weight is 269 g/mol. The fraction of sp³-hybridized carbons (Fsp3) is 0.400. The minimum Gasteiger partial charge on any atom is -0.383 e. The van der Waals surface area contributed by atoms with E-state index >= 15 is 0 Å². The highest BCUT2D eigenvalue weighted by Crippen LogP contribution is 2.12. The van der Waals surface area contributed by atoms with Gasteiger partial charge in [-0.05, 0) is 0 Å². The Hall–Kier alpha value is -1.17. The second kappa shape index (κ2) is 4.37. The standard InChI is InChI=1S/C5H11N5O4S2/c6-5-4(3-8-10-5)16(13,14)9-1-2-15(7,11)12/h3,9H,1-2H2,(H3,6,8,10)(H2,7,11,12). The molecule has 0 spiro atoms. The van der Waals surface area contributed by atoms with E-state index in [9.17, 15) is 16.8 Å². The minimum absolute atomic E-state index is 0.122. The van der Waals surface area contributed by atoms with Gasteiger partial charge in [0.2, 0.25) is 20.0 Å². The van der Waals surface area contributed by atoms with Crippen LogP contribution in [0.2, 0.25) is 0 Å². The predicted octanol–water partition coefficient (Wildman–Crippen LogP) is -2.44. The van der Waals surface area contributed by atoms with Crippen LogP contribution in [-0.2, 0) is 20.0 Å². The first-order chi connectivity index (χ1) is 7.22. The molecule has 6 N–H and O–H groups in total. The summed E-state index contributed by atoms with van der Waals surface area (Å²) in [5.41, 5.74) is 5.30. The number of anilines is 1. The Morgan fingerprint density at radius 2 is 2.00 bits per heavy atom. The van der Waals surface area contributed by atoms with E-state index in [-0.39, 0.29) is 17.3 Å². The molecule has 11 heteroatoms. The van der Waals surface area contributed by atoms with E-state index in [0.29, 0.717) is 0 Å². The van der Waals surface area contributed by atoms with E-state index in [1.54, 1.807) is 0 Å². The molecule has 9 nitrogen and oxygen atoms in total. The molecule has 0 unspecified atom stereocenters. The Bertz CT molecular complexity index is 559. The molecule has 0 bridgehead atoms. The number of nitrogens with two attached hydrogens (primary N) is 2. The third-order valence-corrected chi connectivity index (χ3v) is 3.86. The van der Waals surface area contributed by atoms with Crippen molar-refractivity contribution >= 4 is 25.9 Å². The van der Waals surface area contributed by atoms with E-state index in [1.165, 1.54) is 0 Å². The fourth-order valence-electron chi connectivity index (χ4n) is 0.895. The Balaban J connectivity index is 2.72. The number of hydrogen-bond acceptors (Lipinski definition) is 6. The van der Waals surface area contributed by atoms with Gasteiger partial charge >= 0.3 is 0 Å². The lowest BCUT2D eigenvalue weighted by atomic mass is 10.7. The van der Waals surface area contributed by atoms with Gasteiger partial charge in [-0.3, -0.25) is 5.10 Å². The summed E-state index contributed by atoms with van der Waals surface area (Å²) < 4.78 is 46.2. The van der Waals surface area contributed by atoms with Crippen LogP contribution in [0.3, 0.4) is 0 Å². The van der Waals surface area contributed by atoms with Gasteiger partial charge in [-0.1, -0.05) is 0 Å². The average Bonchev–Trinajstić information content (AvgIpc) is 2.48. The molecule has 0 aromatic carbocycles. The van der Waals surface area contributed by atoms with Crippen molar-refractivity contribution < 1.29 is 16.8 Å². The number of rotatable bonds is 5. The van der Waals surface area contributed by atoms with Crippen LogP contribution in [0.25, 0.3) is 0 Å². The maximum atomic E-state index is 11.5. The molecule has 16 heavy (non-hydrogen) atoms. The number of primary sulfonamides is 1. The summed E-state index contributed by atoms with van der Waals surface area (Å²) in [4.78, 5) is -0.234. The summed E-state index contributed by atoms with van der Waals surface area (Å²) in [5.74, 6) is -0.618. The van der Waals surface area contributed by atoms with Crippen molar-refractivity contribution in [1.29, 1.82) is 0 Å². The normalized spacial score (nSPS) is 12.8. The molecule has 0 aliphatic rings. The molecule has 0 aliphatic heterocycles. The first-order valence-corrected chi connectivity index (χ1v) is 7.21. The minimum atomic E-state index is -3.86. The number of aromatic nitrogens is 2. The van der Waals surface area contributed by atoms with Crippen LogP contribution in [0.5, 0.6) is 0 Å². The van der Waals surface area contributed by atoms with Crippen LogP contribution in [0.4, 0.5) is 5.82 Å².